The normalized spacial score (nSPS) is 22.4. The third kappa shape index (κ3) is 4.02. The topological polar surface area (TPSA) is 26.3 Å². The van der Waals surface area contributed by atoms with Crippen LogP contribution in [0.15, 0.2) is 40.9 Å². The lowest BCUT2D eigenvalue weighted by Crippen LogP contribution is -2.21. The van der Waals surface area contributed by atoms with Crippen LogP contribution < -0.4 is 0 Å². The first-order valence-corrected chi connectivity index (χ1v) is 7.48. The Morgan fingerprint density at radius 1 is 1.32 bits per heavy atom. The van der Waals surface area contributed by atoms with E-state index in [-0.39, 0.29) is 12.4 Å². The number of benzene rings is 1. The minimum Gasteiger partial charge on any atom is -0.373 e. The summed E-state index contributed by atoms with van der Waals surface area (Å²) in [6.45, 7) is 3.07. The zero-order chi connectivity index (χ0) is 13.7. The molecule has 0 aromatic heterocycles. The van der Waals surface area contributed by atoms with Gasteiger partial charge in [-0.15, -0.1) is 0 Å². The number of carbonyl (C=O) groups excluding carboxylic acids is 1. The second-order valence-corrected chi connectivity index (χ2v) is 5.95. The van der Waals surface area contributed by atoms with Gasteiger partial charge in [0.1, 0.15) is 6.61 Å². The van der Waals surface area contributed by atoms with Gasteiger partial charge in [-0.2, -0.15) is 0 Å². The summed E-state index contributed by atoms with van der Waals surface area (Å²) in [5.41, 5.74) is 0.694. The first-order chi connectivity index (χ1) is 9.18. The molecule has 19 heavy (non-hydrogen) atoms. The standard InChI is InChI=1S/C16H19BrO2/c1-12-6-2-3-7-13(12)10-19-11-16(18)14-8-4-5-9-15(14)17/h2-5,8-9,12-13H,6-7,10-11H2,1H3. The molecule has 1 aliphatic rings. The van der Waals surface area contributed by atoms with Crippen molar-refractivity contribution in [2.24, 2.45) is 11.8 Å². The highest BCUT2D eigenvalue weighted by molar-refractivity contribution is 9.10. The van der Waals surface area contributed by atoms with Gasteiger partial charge in [0.15, 0.2) is 5.78 Å². The Kier molecular flexibility index (Phi) is 5.34. The van der Waals surface area contributed by atoms with Crippen LogP contribution in [0.5, 0.6) is 0 Å². The number of ether oxygens (including phenoxy) is 1. The molecule has 0 saturated heterocycles. The van der Waals surface area contributed by atoms with Crippen molar-refractivity contribution < 1.29 is 9.53 Å². The van der Waals surface area contributed by atoms with E-state index in [1.165, 1.54) is 0 Å². The average molecular weight is 323 g/mol. The molecular weight excluding hydrogens is 304 g/mol. The monoisotopic (exact) mass is 322 g/mol. The fraction of sp³-hybridized carbons (Fsp3) is 0.438. The Morgan fingerprint density at radius 2 is 2.05 bits per heavy atom. The van der Waals surface area contributed by atoms with Gasteiger partial charge in [-0.05, 0) is 30.7 Å². The summed E-state index contributed by atoms with van der Waals surface area (Å²) in [5.74, 6) is 1.21. The highest BCUT2D eigenvalue weighted by Gasteiger charge is 2.19. The van der Waals surface area contributed by atoms with Gasteiger partial charge in [0.2, 0.25) is 0 Å². The summed E-state index contributed by atoms with van der Waals surface area (Å²) in [7, 11) is 0. The van der Waals surface area contributed by atoms with Crippen molar-refractivity contribution in [3.05, 3.63) is 46.5 Å². The molecule has 2 rings (SSSR count). The Bertz CT molecular complexity index is 468. The SMILES string of the molecule is CC1CC=CCC1COCC(=O)c1ccccc1Br. The number of hydrogen-bond donors (Lipinski definition) is 0. The van der Waals surface area contributed by atoms with Crippen molar-refractivity contribution in [2.75, 3.05) is 13.2 Å². The van der Waals surface area contributed by atoms with Gasteiger partial charge in [0, 0.05) is 10.0 Å². The van der Waals surface area contributed by atoms with Crippen LogP contribution in [-0.2, 0) is 4.74 Å². The molecule has 102 valence electrons. The molecule has 0 bridgehead atoms. The molecule has 0 amide bonds. The first kappa shape index (κ1) is 14.5. The van der Waals surface area contributed by atoms with Crippen molar-refractivity contribution >= 4 is 21.7 Å². The molecule has 0 N–H and O–H groups in total. The molecule has 0 aliphatic heterocycles. The van der Waals surface area contributed by atoms with Crippen LogP contribution in [0.4, 0.5) is 0 Å². The van der Waals surface area contributed by atoms with E-state index in [9.17, 15) is 4.79 Å². The molecular formula is C16H19BrO2. The van der Waals surface area contributed by atoms with Crippen molar-refractivity contribution in [3.63, 3.8) is 0 Å². The third-order valence-electron chi connectivity index (χ3n) is 3.66. The second kappa shape index (κ2) is 7.01. The number of Topliss-reactive ketones (excluding diaryl/α,β-unsaturated/α-hetero) is 1. The molecule has 2 atom stereocenters. The maximum atomic E-state index is 12.0. The van der Waals surface area contributed by atoms with Gasteiger partial charge in [0.05, 0.1) is 6.61 Å². The lowest BCUT2D eigenvalue weighted by atomic mass is 9.85. The molecule has 2 nitrogen and oxygen atoms in total. The lowest BCUT2D eigenvalue weighted by molar-refractivity contribution is 0.0602. The van der Waals surface area contributed by atoms with Gasteiger partial charge in [-0.1, -0.05) is 53.2 Å². The summed E-state index contributed by atoms with van der Waals surface area (Å²) in [6, 6.07) is 7.47. The molecule has 1 aliphatic carbocycles. The molecule has 3 heteroatoms. The van der Waals surface area contributed by atoms with Crippen molar-refractivity contribution in [2.45, 2.75) is 19.8 Å². The molecule has 1 aromatic rings. The van der Waals surface area contributed by atoms with Crippen molar-refractivity contribution in [3.8, 4) is 0 Å². The zero-order valence-electron chi connectivity index (χ0n) is 11.1. The Balaban J connectivity index is 1.81. The van der Waals surface area contributed by atoms with E-state index in [1.807, 2.05) is 24.3 Å². The summed E-state index contributed by atoms with van der Waals surface area (Å²) in [5, 5.41) is 0. The molecule has 0 radical (unpaired) electrons. The van der Waals surface area contributed by atoms with Crippen LogP contribution in [0.25, 0.3) is 0 Å². The predicted octanol–water partition coefficient (Wildman–Crippen LogP) is 4.25. The van der Waals surface area contributed by atoms with E-state index in [0.717, 1.165) is 17.3 Å². The molecule has 0 heterocycles. The molecule has 2 unspecified atom stereocenters. The van der Waals surface area contributed by atoms with Crippen LogP contribution in [0.1, 0.15) is 30.1 Å². The van der Waals surface area contributed by atoms with Crippen LogP contribution in [0.3, 0.4) is 0 Å². The number of hydrogen-bond acceptors (Lipinski definition) is 2. The second-order valence-electron chi connectivity index (χ2n) is 5.10. The summed E-state index contributed by atoms with van der Waals surface area (Å²) in [4.78, 5) is 12.0. The largest absolute Gasteiger partial charge is 0.373 e. The van der Waals surface area contributed by atoms with E-state index in [0.29, 0.717) is 24.0 Å². The maximum absolute atomic E-state index is 12.0. The summed E-state index contributed by atoms with van der Waals surface area (Å²) >= 11 is 3.39. The molecule has 0 spiro atoms. The Morgan fingerprint density at radius 3 is 2.79 bits per heavy atom. The Hall–Kier alpha value is -0.930. The van der Waals surface area contributed by atoms with E-state index in [1.54, 1.807) is 0 Å². The fourth-order valence-electron chi connectivity index (χ4n) is 2.31. The summed E-state index contributed by atoms with van der Waals surface area (Å²) < 4.78 is 6.44. The molecule has 0 fully saturated rings. The van der Waals surface area contributed by atoms with Crippen molar-refractivity contribution in [1.82, 2.24) is 0 Å². The zero-order valence-corrected chi connectivity index (χ0v) is 12.7. The first-order valence-electron chi connectivity index (χ1n) is 6.69. The number of halogens is 1. The van der Waals surface area contributed by atoms with Crippen LogP contribution in [0.2, 0.25) is 0 Å². The number of carbonyl (C=O) groups is 1. The van der Waals surface area contributed by atoms with Gasteiger partial charge >= 0.3 is 0 Å². The van der Waals surface area contributed by atoms with Gasteiger partial charge in [-0.3, -0.25) is 4.79 Å². The lowest BCUT2D eigenvalue weighted by Gasteiger charge is -2.24. The molecule has 0 saturated carbocycles. The van der Waals surface area contributed by atoms with E-state index < -0.39 is 0 Å². The minimum absolute atomic E-state index is 0.0338. The van der Waals surface area contributed by atoms with Gasteiger partial charge in [0.25, 0.3) is 0 Å². The van der Waals surface area contributed by atoms with Gasteiger partial charge < -0.3 is 4.74 Å². The highest BCUT2D eigenvalue weighted by Crippen LogP contribution is 2.25. The Labute approximate surface area is 123 Å². The number of rotatable bonds is 5. The van der Waals surface area contributed by atoms with E-state index >= 15 is 0 Å². The third-order valence-corrected chi connectivity index (χ3v) is 4.35. The fourth-order valence-corrected chi connectivity index (χ4v) is 2.81. The maximum Gasteiger partial charge on any atom is 0.189 e. The van der Waals surface area contributed by atoms with Gasteiger partial charge in [-0.25, -0.2) is 0 Å². The van der Waals surface area contributed by atoms with Crippen LogP contribution in [-0.4, -0.2) is 19.0 Å². The number of allylic oxidation sites excluding steroid dienone is 2. The van der Waals surface area contributed by atoms with Crippen LogP contribution >= 0.6 is 15.9 Å². The smallest absolute Gasteiger partial charge is 0.189 e. The average Bonchev–Trinajstić information content (AvgIpc) is 2.41. The van der Waals surface area contributed by atoms with Crippen molar-refractivity contribution in [1.29, 1.82) is 0 Å². The summed E-state index contributed by atoms with van der Waals surface area (Å²) in [6.07, 6.45) is 6.62. The predicted molar refractivity (Wildman–Crippen MR) is 80.3 cm³/mol. The number of ketones is 1. The van der Waals surface area contributed by atoms with E-state index in [4.69, 9.17) is 4.74 Å². The molecule has 1 aromatic carbocycles. The minimum atomic E-state index is 0.0338. The highest BCUT2D eigenvalue weighted by atomic mass is 79.9. The quantitative estimate of drug-likeness (QED) is 0.598. The van der Waals surface area contributed by atoms with Crippen LogP contribution in [0, 0.1) is 11.8 Å². The van der Waals surface area contributed by atoms with E-state index in [2.05, 4.69) is 35.0 Å².